The van der Waals surface area contributed by atoms with E-state index in [9.17, 15) is 14.0 Å². The van der Waals surface area contributed by atoms with E-state index in [4.69, 9.17) is 21.1 Å². The summed E-state index contributed by atoms with van der Waals surface area (Å²) in [6.07, 6.45) is -0.347. The number of hydrogen-bond donors (Lipinski definition) is 1. The number of carbonyl (C=O) groups excluding carboxylic acids is 2. The number of likely N-dealkylation sites (tertiary alicyclic amines) is 1. The maximum atomic E-state index is 13.8. The molecule has 1 heterocycles. The van der Waals surface area contributed by atoms with E-state index in [-0.39, 0.29) is 18.7 Å². The Kier molecular flexibility index (Phi) is 5.81. The van der Waals surface area contributed by atoms with Gasteiger partial charge in [0.25, 0.3) is 0 Å². The van der Waals surface area contributed by atoms with Crippen LogP contribution < -0.4 is 10.1 Å². The van der Waals surface area contributed by atoms with E-state index in [0.29, 0.717) is 10.7 Å². The van der Waals surface area contributed by atoms with Crippen molar-refractivity contribution in [2.24, 2.45) is 0 Å². The molecular formula is C19H18ClFN2O4. The number of nitrogens with one attached hydrogen (secondary N) is 1. The number of nitrogens with zero attached hydrogens (tertiary/aromatic N) is 1. The molecule has 1 saturated heterocycles. The number of methoxy groups -OCH3 is 1. The average molecular weight is 393 g/mol. The van der Waals surface area contributed by atoms with Crippen LogP contribution >= 0.6 is 11.6 Å². The number of urea groups is 1. The van der Waals surface area contributed by atoms with Crippen LogP contribution in [0.3, 0.4) is 0 Å². The first kappa shape index (κ1) is 19.0. The van der Waals surface area contributed by atoms with E-state index in [0.717, 1.165) is 0 Å². The summed E-state index contributed by atoms with van der Waals surface area (Å²) < 4.78 is 24.3. The molecule has 2 aromatic carbocycles. The van der Waals surface area contributed by atoms with Gasteiger partial charge in [-0.25, -0.2) is 14.0 Å². The van der Waals surface area contributed by atoms with Gasteiger partial charge in [-0.2, -0.15) is 0 Å². The number of halogens is 2. The van der Waals surface area contributed by atoms with Crippen LogP contribution in [-0.4, -0.2) is 42.7 Å². The Balaban J connectivity index is 1.74. The number of hydrogen-bond acceptors (Lipinski definition) is 4. The first-order valence-corrected chi connectivity index (χ1v) is 8.68. The molecule has 6 nitrogen and oxygen atoms in total. The molecule has 0 spiro atoms. The largest absolute Gasteiger partial charge is 0.485 e. The Hall–Kier alpha value is -2.80. The Labute approximate surface area is 160 Å². The normalized spacial score (nSPS) is 18.9. The van der Waals surface area contributed by atoms with Crippen LogP contribution in [-0.2, 0) is 9.53 Å². The summed E-state index contributed by atoms with van der Waals surface area (Å²) in [5.41, 5.74) is 0.495. The lowest BCUT2D eigenvalue weighted by Gasteiger charge is -2.22. The van der Waals surface area contributed by atoms with Gasteiger partial charge in [0, 0.05) is 17.1 Å². The molecule has 1 aliphatic heterocycles. The minimum atomic E-state index is -0.828. The van der Waals surface area contributed by atoms with Gasteiger partial charge in [0.05, 0.1) is 13.7 Å². The summed E-state index contributed by atoms with van der Waals surface area (Å²) in [5.74, 6) is -0.993. The third-order valence-electron chi connectivity index (χ3n) is 4.20. The zero-order valence-corrected chi connectivity index (χ0v) is 15.3. The molecule has 1 N–H and O–H groups in total. The summed E-state index contributed by atoms with van der Waals surface area (Å²) >= 11 is 5.92. The van der Waals surface area contributed by atoms with Crippen molar-refractivity contribution in [1.82, 2.24) is 4.90 Å². The van der Waals surface area contributed by atoms with E-state index in [1.165, 1.54) is 24.1 Å². The summed E-state index contributed by atoms with van der Waals surface area (Å²) in [6.45, 7) is 0.112. The highest BCUT2D eigenvalue weighted by atomic mass is 35.5. The van der Waals surface area contributed by atoms with Crippen molar-refractivity contribution in [3.05, 3.63) is 59.4 Å². The highest BCUT2D eigenvalue weighted by molar-refractivity contribution is 6.30. The van der Waals surface area contributed by atoms with Gasteiger partial charge in [0.15, 0.2) is 11.6 Å². The number of para-hydroxylation sites is 1. The first-order valence-electron chi connectivity index (χ1n) is 8.30. The Bertz CT molecular complexity index is 848. The summed E-state index contributed by atoms with van der Waals surface area (Å²) in [7, 11) is 1.25. The van der Waals surface area contributed by atoms with Gasteiger partial charge >= 0.3 is 12.0 Å². The number of benzene rings is 2. The molecule has 2 unspecified atom stereocenters. The maximum Gasteiger partial charge on any atom is 0.328 e. The molecular weight excluding hydrogens is 375 g/mol. The van der Waals surface area contributed by atoms with Crippen LogP contribution in [0.5, 0.6) is 5.75 Å². The standard InChI is InChI=1S/C19H18ClFN2O4/c1-26-18(24)16-10-14(27-17-8-3-2-7-15(17)21)11-23(16)19(25)22-13-6-4-5-12(20)9-13/h2-9,14,16H,10-11H2,1H3,(H,22,25). The summed E-state index contributed by atoms with van der Waals surface area (Å²) in [4.78, 5) is 26.1. The van der Waals surface area contributed by atoms with Gasteiger partial charge in [-0.15, -0.1) is 0 Å². The number of amides is 2. The summed E-state index contributed by atoms with van der Waals surface area (Å²) in [5, 5.41) is 3.17. The van der Waals surface area contributed by atoms with Crippen molar-refractivity contribution in [3.8, 4) is 5.75 Å². The van der Waals surface area contributed by atoms with Crippen molar-refractivity contribution in [1.29, 1.82) is 0 Å². The van der Waals surface area contributed by atoms with Gasteiger partial charge in [0.2, 0.25) is 0 Å². The molecule has 1 aliphatic rings. The molecule has 0 bridgehead atoms. The van der Waals surface area contributed by atoms with Crippen LogP contribution in [0.1, 0.15) is 6.42 Å². The SMILES string of the molecule is COC(=O)C1CC(Oc2ccccc2F)CN1C(=O)Nc1cccc(Cl)c1. The Morgan fingerprint density at radius 2 is 2.00 bits per heavy atom. The average Bonchev–Trinajstić information content (AvgIpc) is 3.07. The fourth-order valence-electron chi connectivity index (χ4n) is 2.95. The molecule has 0 radical (unpaired) electrons. The smallest absolute Gasteiger partial charge is 0.328 e. The molecule has 3 rings (SSSR count). The Morgan fingerprint density at radius 3 is 2.70 bits per heavy atom. The number of ether oxygens (including phenoxy) is 2. The molecule has 0 saturated carbocycles. The second-order valence-electron chi connectivity index (χ2n) is 6.04. The highest BCUT2D eigenvalue weighted by Crippen LogP contribution is 2.26. The predicted octanol–water partition coefficient (Wildman–Crippen LogP) is 3.71. The van der Waals surface area contributed by atoms with Crippen LogP contribution in [0.2, 0.25) is 5.02 Å². The Morgan fingerprint density at radius 1 is 1.22 bits per heavy atom. The number of rotatable bonds is 4. The second-order valence-corrected chi connectivity index (χ2v) is 6.47. The van der Waals surface area contributed by atoms with Crippen molar-refractivity contribution in [2.45, 2.75) is 18.6 Å². The minimum Gasteiger partial charge on any atom is -0.485 e. The lowest BCUT2D eigenvalue weighted by atomic mass is 10.2. The summed E-state index contributed by atoms with van der Waals surface area (Å²) in [6, 6.07) is 11.3. The topological polar surface area (TPSA) is 67.9 Å². The van der Waals surface area contributed by atoms with Crippen LogP contribution in [0.15, 0.2) is 48.5 Å². The van der Waals surface area contributed by atoms with Crippen LogP contribution in [0.25, 0.3) is 0 Å². The predicted molar refractivity (Wildman–Crippen MR) is 98.4 cm³/mol. The first-order chi connectivity index (χ1) is 13.0. The molecule has 0 aliphatic carbocycles. The second kappa shape index (κ2) is 8.26. The van der Waals surface area contributed by atoms with Crippen molar-refractivity contribution in [2.75, 3.05) is 19.0 Å². The molecule has 2 atom stereocenters. The molecule has 2 amide bonds. The lowest BCUT2D eigenvalue weighted by molar-refractivity contribution is -0.144. The number of esters is 1. The van der Waals surface area contributed by atoms with Crippen molar-refractivity contribution >= 4 is 29.3 Å². The van der Waals surface area contributed by atoms with E-state index in [2.05, 4.69) is 5.32 Å². The third-order valence-corrected chi connectivity index (χ3v) is 4.44. The van der Waals surface area contributed by atoms with Gasteiger partial charge < -0.3 is 19.7 Å². The van der Waals surface area contributed by atoms with Crippen molar-refractivity contribution in [3.63, 3.8) is 0 Å². The van der Waals surface area contributed by atoms with Crippen LogP contribution in [0, 0.1) is 5.82 Å². The molecule has 2 aromatic rings. The zero-order chi connectivity index (χ0) is 19.4. The molecule has 142 valence electrons. The molecule has 27 heavy (non-hydrogen) atoms. The van der Waals surface area contributed by atoms with Crippen LogP contribution in [0.4, 0.5) is 14.9 Å². The highest BCUT2D eigenvalue weighted by Gasteiger charge is 2.41. The monoisotopic (exact) mass is 392 g/mol. The minimum absolute atomic E-state index is 0.0724. The van der Waals surface area contributed by atoms with Gasteiger partial charge in [-0.1, -0.05) is 29.8 Å². The fourth-order valence-corrected chi connectivity index (χ4v) is 3.14. The molecule has 0 aromatic heterocycles. The number of carbonyl (C=O) groups is 2. The molecule has 8 heteroatoms. The molecule has 1 fully saturated rings. The lowest BCUT2D eigenvalue weighted by Crippen LogP contribution is -2.43. The zero-order valence-electron chi connectivity index (χ0n) is 14.5. The third kappa shape index (κ3) is 4.49. The van der Waals surface area contributed by atoms with Crippen molar-refractivity contribution < 1.29 is 23.5 Å². The van der Waals surface area contributed by atoms with E-state index in [1.807, 2.05) is 0 Å². The van der Waals surface area contributed by atoms with Gasteiger partial charge in [0.1, 0.15) is 12.1 Å². The number of anilines is 1. The van der Waals surface area contributed by atoms with E-state index < -0.39 is 30.0 Å². The van der Waals surface area contributed by atoms with E-state index in [1.54, 1.807) is 36.4 Å². The maximum absolute atomic E-state index is 13.8. The van der Waals surface area contributed by atoms with E-state index >= 15 is 0 Å². The quantitative estimate of drug-likeness (QED) is 0.805. The van der Waals surface area contributed by atoms with Gasteiger partial charge in [-0.3, -0.25) is 0 Å². The fraction of sp³-hybridized carbons (Fsp3) is 0.263. The van der Waals surface area contributed by atoms with Gasteiger partial charge in [-0.05, 0) is 30.3 Å².